The largest absolute Gasteiger partial charge is 0.383 e. The maximum atomic E-state index is 13.5. The highest BCUT2D eigenvalue weighted by atomic mass is 16.5. The zero-order valence-corrected chi connectivity index (χ0v) is 21.2. The number of nitrogens with zero attached hydrogens (tertiary/aromatic N) is 5. The van der Waals surface area contributed by atoms with Crippen molar-refractivity contribution in [3.63, 3.8) is 0 Å². The summed E-state index contributed by atoms with van der Waals surface area (Å²) in [4.78, 5) is 46.5. The number of nitriles is 1. The van der Waals surface area contributed by atoms with Crippen molar-refractivity contribution in [2.24, 2.45) is 5.92 Å². The highest BCUT2D eigenvalue weighted by molar-refractivity contribution is 5.96. The first-order chi connectivity index (χ1) is 17.2. The number of carbonyl (C=O) groups is 1. The summed E-state index contributed by atoms with van der Waals surface area (Å²) in [6, 6.07) is 9.61. The molecule has 36 heavy (non-hydrogen) atoms. The lowest BCUT2D eigenvalue weighted by molar-refractivity contribution is -0.119. The minimum atomic E-state index is -0.690. The van der Waals surface area contributed by atoms with Gasteiger partial charge in [0.25, 0.3) is 5.56 Å². The van der Waals surface area contributed by atoms with Crippen LogP contribution in [0.3, 0.4) is 0 Å². The van der Waals surface area contributed by atoms with E-state index in [2.05, 4.69) is 20.9 Å². The van der Waals surface area contributed by atoms with Gasteiger partial charge in [0, 0.05) is 52.1 Å². The number of nitrogen functional groups attached to an aromatic ring is 1. The predicted octanol–water partition coefficient (Wildman–Crippen LogP) is 0.838. The molecular weight excluding hydrogens is 462 g/mol. The number of nitrogens with one attached hydrogen (secondary N) is 1. The third-order valence-corrected chi connectivity index (χ3v) is 6.16. The number of anilines is 3. The SMILES string of the molecule is COCCN(C(=O)CN1CCCN(c2ccc(C#N)cc2)CC1)c1c(N)n(CC(C)C)c(=O)[nH]c1=O. The van der Waals surface area contributed by atoms with Crippen molar-refractivity contribution in [2.45, 2.75) is 26.8 Å². The van der Waals surface area contributed by atoms with Gasteiger partial charge in [-0.2, -0.15) is 5.26 Å². The Hall–Kier alpha value is -3.62. The molecule has 1 aromatic heterocycles. The molecule has 0 saturated carbocycles. The van der Waals surface area contributed by atoms with Gasteiger partial charge in [-0.1, -0.05) is 13.8 Å². The Morgan fingerprint density at radius 1 is 1.19 bits per heavy atom. The number of methoxy groups -OCH3 is 1. The Morgan fingerprint density at radius 3 is 2.56 bits per heavy atom. The summed E-state index contributed by atoms with van der Waals surface area (Å²) in [6.45, 7) is 7.56. The molecule has 0 aliphatic carbocycles. The lowest BCUT2D eigenvalue weighted by Crippen LogP contribution is -2.47. The smallest absolute Gasteiger partial charge is 0.330 e. The number of aromatic amines is 1. The molecule has 0 atom stereocenters. The van der Waals surface area contributed by atoms with Crippen LogP contribution in [-0.4, -0.2) is 73.3 Å². The van der Waals surface area contributed by atoms with Gasteiger partial charge in [-0.05, 0) is 36.6 Å². The molecule has 2 aromatic rings. The summed E-state index contributed by atoms with van der Waals surface area (Å²) in [5.74, 6) is -0.196. The lowest BCUT2D eigenvalue weighted by atomic mass is 10.2. The van der Waals surface area contributed by atoms with E-state index in [-0.39, 0.29) is 43.0 Å². The van der Waals surface area contributed by atoms with E-state index in [1.54, 1.807) is 12.1 Å². The third-order valence-electron chi connectivity index (χ3n) is 6.16. The van der Waals surface area contributed by atoms with Crippen LogP contribution in [0.2, 0.25) is 0 Å². The van der Waals surface area contributed by atoms with Crippen LogP contribution in [0.15, 0.2) is 33.9 Å². The van der Waals surface area contributed by atoms with Crippen LogP contribution in [-0.2, 0) is 16.1 Å². The zero-order chi connectivity index (χ0) is 26.2. The van der Waals surface area contributed by atoms with Gasteiger partial charge in [0.15, 0.2) is 5.69 Å². The fourth-order valence-electron chi connectivity index (χ4n) is 4.34. The lowest BCUT2D eigenvalue weighted by Gasteiger charge is -2.28. The van der Waals surface area contributed by atoms with Gasteiger partial charge in [-0.15, -0.1) is 0 Å². The molecule has 0 spiro atoms. The van der Waals surface area contributed by atoms with Crippen molar-refractivity contribution in [3.05, 3.63) is 50.7 Å². The van der Waals surface area contributed by atoms with Crippen LogP contribution in [0.25, 0.3) is 0 Å². The minimum absolute atomic E-state index is 0.0219. The van der Waals surface area contributed by atoms with E-state index in [1.165, 1.54) is 16.6 Å². The number of hydrogen-bond acceptors (Lipinski definition) is 8. The molecule has 1 aliphatic heterocycles. The van der Waals surface area contributed by atoms with E-state index in [1.807, 2.05) is 26.0 Å². The monoisotopic (exact) mass is 497 g/mol. The van der Waals surface area contributed by atoms with Crippen LogP contribution in [0, 0.1) is 17.2 Å². The van der Waals surface area contributed by atoms with Crippen LogP contribution in [0.4, 0.5) is 17.2 Å². The van der Waals surface area contributed by atoms with Gasteiger partial charge in [0.1, 0.15) is 5.82 Å². The summed E-state index contributed by atoms with van der Waals surface area (Å²) in [6.07, 6.45) is 0.855. The van der Waals surface area contributed by atoms with Crippen LogP contribution in [0.1, 0.15) is 25.8 Å². The molecule has 0 bridgehead atoms. The van der Waals surface area contributed by atoms with Crippen LogP contribution >= 0.6 is 0 Å². The molecule has 3 rings (SSSR count). The van der Waals surface area contributed by atoms with Gasteiger partial charge in [-0.3, -0.25) is 24.0 Å². The van der Waals surface area contributed by atoms with Crippen LogP contribution < -0.4 is 26.8 Å². The molecule has 1 amide bonds. The first-order valence-corrected chi connectivity index (χ1v) is 12.1. The summed E-state index contributed by atoms with van der Waals surface area (Å²) in [7, 11) is 1.52. The molecule has 11 heteroatoms. The number of hydrogen-bond donors (Lipinski definition) is 2. The van der Waals surface area contributed by atoms with E-state index in [0.29, 0.717) is 18.7 Å². The molecule has 1 saturated heterocycles. The van der Waals surface area contributed by atoms with E-state index in [4.69, 9.17) is 15.7 Å². The van der Waals surface area contributed by atoms with Crippen LogP contribution in [0.5, 0.6) is 0 Å². The molecule has 1 aromatic carbocycles. The second-order valence-corrected chi connectivity index (χ2v) is 9.31. The summed E-state index contributed by atoms with van der Waals surface area (Å²) >= 11 is 0. The third kappa shape index (κ3) is 6.53. The normalized spacial score (nSPS) is 14.5. The van der Waals surface area contributed by atoms with Crippen molar-refractivity contribution in [3.8, 4) is 6.07 Å². The number of carbonyl (C=O) groups excluding carboxylic acids is 1. The van der Waals surface area contributed by atoms with Crippen molar-refractivity contribution >= 4 is 23.1 Å². The standard InChI is InChI=1S/C25H35N7O4/c1-18(2)16-32-23(27)22(24(34)28-25(32)35)31(13-14-36-3)21(33)17-29-9-4-10-30(12-11-29)20-7-5-19(15-26)6-8-20/h5-8,18H,4,9-14,16-17,27H2,1-3H3,(H,28,34,35). The predicted molar refractivity (Wildman–Crippen MR) is 139 cm³/mol. The number of aromatic nitrogens is 2. The van der Waals surface area contributed by atoms with E-state index >= 15 is 0 Å². The maximum Gasteiger partial charge on any atom is 0.330 e. The molecule has 1 aliphatic rings. The fraction of sp³-hybridized carbons (Fsp3) is 0.520. The minimum Gasteiger partial charge on any atom is -0.383 e. The molecule has 1 fully saturated rings. The van der Waals surface area contributed by atoms with Crippen molar-refractivity contribution in [1.29, 1.82) is 5.26 Å². The summed E-state index contributed by atoms with van der Waals surface area (Å²) in [5.41, 5.74) is 6.62. The first-order valence-electron chi connectivity index (χ1n) is 12.1. The first kappa shape index (κ1) is 27.0. The van der Waals surface area contributed by atoms with E-state index in [9.17, 15) is 14.4 Å². The average molecular weight is 498 g/mol. The molecule has 0 unspecified atom stereocenters. The quantitative estimate of drug-likeness (QED) is 0.519. The number of amides is 1. The average Bonchev–Trinajstić information content (AvgIpc) is 3.09. The molecule has 11 nitrogen and oxygen atoms in total. The van der Waals surface area contributed by atoms with Gasteiger partial charge < -0.3 is 20.3 Å². The molecule has 194 valence electrons. The van der Waals surface area contributed by atoms with Gasteiger partial charge in [0.2, 0.25) is 5.91 Å². The van der Waals surface area contributed by atoms with E-state index in [0.717, 1.165) is 31.7 Å². The highest BCUT2D eigenvalue weighted by Crippen LogP contribution is 2.20. The van der Waals surface area contributed by atoms with E-state index < -0.39 is 11.2 Å². The fourth-order valence-corrected chi connectivity index (χ4v) is 4.34. The van der Waals surface area contributed by atoms with Crippen molar-refractivity contribution < 1.29 is 9.53 Å². The number of benzene rings is 1. The Labute approximate surface area is 210 Å². The van der Waals surface area contributed by atoms with Gasteiger partial charge in [0.05, 0.1) is 24.8 Å². The topological polar surface area (TPSA) is 141 Å². The Kier molecular flexibility index (Phi) is 9.27. The summed E-state index contributed by atoms with van der Waals surface area (Å²) < 4.78 is 6.48. The molecule has 3 N–H and O–H groups in total. The van der Waals surface area contributed by atoms with Gasteiger partial charge >= 0.3 is 5.69 Å². The molecular formula is C25H35N7O4. The second kappa shape index (κ2) is 12.4. The Balaban J connectivity index is 1.78. The van der Waals surface area contributed by atoms with Crippen molar-refractivity contribution in [1.82, 2.24) is 14.5 Å². The van der Waals surface area contributed by atoms with Crippen molar-refractivity contribution in [2.75, 3.05) is 68.5 Å². The second-order valence-electron chi connectivity index (χ2n) is 9.31. The number of nitrogens with two attached hydrogens (primary N) is 1. The molecule has 0 radical (unpaired) electrons. The Bertz CT molecular complexity index is 1200. The summed E-state index contributed by atoms with van der Waals surface area (Å²) in [5, 5.41) is 9.02. The number of ether oxygens (including phenoxy) is 1. The van der Waals surface area contributed by atoms with Gasteiger partial charge in [-0.25, -0.2) is 4.79 Å². The number of rotatable bonds is 9. The molecule has 2 heterocycles. The Morgan fingerprint density at radius 2 is 1.92 bits per heavy atom. The zero-order valence-electron chi connectivity index (χ0n) is 21.2. The number of H-pyrrole nitrogens is 1. The highest BCUT2D eigenvalue weighted by Gasteiger charge is 2.26. The maximum absolute atomic E-state index is 13.5.